The fourth-order valence-electron chi connectivity index (χ4n) is 2.21. The maximum absolute atomic E-state index is 13.0. The minimum Gasteiger partial charge on any atom is -0.355 e. The van der Waals surface area contributed by atoms with Crippen LogP contribution in [0.1, 0.15) is 21.5 Å². The first-order valence-corrected chi connectivity index (χ1v) is 6.82. The topological polar surface area (TPSA) is 29.1 Å². The van der Waals surface area contributed by atoms with Crippen molar-refractivity contribution in [1.29, 1.82) is 0 Å². The quantitative estimate of drug-likeness (QED) is 0.851. The standard InChI is InChI=1S/C16H13ClF3NO/c1-9-6-7-12(16(18,19)20)14(17)13(9)10-4-3-5-11(8-10)15(22)21-2/h3-8H,1-2H3,(H,21,22). The number of carbonyl (C=O) groups excluding carboxylic acids is 1. The second kappa shape index (κ2) is 6.01. The van der Waals surface area contributed by atoms with E-state index in [9.17, 15) is 18.0 Å². The molecule has 1 amide bonds. The van der Waals surface area contributed by atoms with Crippen LogP contribution in [0.3, 0.4) is 0 Å². The number of carbonyl (C=O) groups is 1. The fourth-order valence-corrected chi connectivity index (χ4v) is 2.63. The molecule has 0 bridgehead atoms. The van der Waals surface area contributed by atoms with Crippen molar-refractivity contribution in [3.8, 4) is 11.1 Å². The summed E-state index contributed by atoms with van der Waals surface area (Å²) in [6, 6.07) is 8.67. The second-order valence-electron chi connectivity index (χ2n) is 4.78. The summed E-state index contributed by atoms with van der Waals surface area (Å²) >= 11 is 5.98. The number of aryl methyl sites for hydroxylation is 1. The number of nitrogens with one attached hydrogen (secondary N) is 1. The maximum atomic E-state index is 13.0. The van der Waals surface area contributed by atoms with E-state index >= 15 is 0 Å². The lowest BCUT2D eigenvalue weighted by molar-refractivity contribution is -0.137. The van der Waals surface area contributed by atoms with E-state index in [1.807, 2.05) is 0 Å². The molecule has 1 N–H and O–H groups in total. The summed E-state index contributed by atoms with van der Waals surface area (Å²) in [4.78, 5) is 11.7. The molecule has 2 rings (SSSR count). The lowest BCUT2D eigenvalue weighted by Crippen LogP contribution is -2.17. The molecule has 0 unspecified atom stereocenters. The smallest absolute Gasteiger partial charge is 0.355 e. The fraction of sp³-hybridized carbons (Fsp3) is 0.188. The van der Waals surface area contributed by atoms with Gasteiger partial charge in [0.1, 0.15) is 0 Å². The third-order valence-corrected chi connectivity index (χ3v) is 3.69. The van der Waals surface area contributed by atoms with Crippen molar-refractivity contribution in [2.45, 2.75) is 13.1 Å². The molecule has 0 saturated carbocycles. The Labute approximate surface area is 130 Å². The zero-order valence-electron chi connectivity index (χ0n) is 11.9. The number of hydrogen-bond acceptors (Lipinski definition) is 1. The van der Waals surface area contributed by atoms with E-state index < -0.39 is 11.7 Å². The van der Waals surface area contributed by atoms with E-state index in [4.69, 9.17) is 11.6 Å². The van der Waals surface area contributed by atoms with Gasteiger partial charge in [-0.1, -0.05) is 29.8 Å². The third-order valence-electron chi connectivity index (χ3n) is 3.30. The summed E-state index contributed by atoms with van der Waals surface area (Å²) in [5, 5.41) is 2.11. The first kappa shape index (κ1) is 16.4. The molecule has 0 atom stereocenters. The first-order valence-electron chi connectivity index (χ1n) is 6.44. The molecular weight excluding hydrogens is 315 g/mol. The Bertz CT molecular complexity index is 726. The molecule has 22 heavy (non-hydrogen) atoms. The van der Waals surface area contributed by atoms with Crippen LogP contribution in [0, 0.1) is 6.92 Å². The van der Waals surface area contributed by atoms with Gasteiger partial charge >= 0.3 is 6.18 Å². The lowest BCUT2D eigenvalue weighted by atomic mass is 9.96. The van der Waals surface area contributed by atoms with E-state index in [0.29, 0.717) is 16.7 Å². The Balaban J connectivity index is 2.65. The number of hydrogen-bond donors (Lipinski definition) is 1. The Morgan fingerprint density at radius 2 is 1.86 bits per heavy atom. The van der Waals surface area contributed by atoms with E-state index in [1.54, 1.807) is 25.1 Å². The van der Waals surface area contributed by atoms with Crippen molar-refractivity contribution < 1.29 is 18.0 Å². The average Bonchev–Trinajstić information content (AvgIpc) is 2.45. The average molecular weight is 328 g/mol. The van der Waals surface area contributed by atoms with Crippen LogP contribution >= 0.6 is 11.6 Å². The minimum atomic E-state index is -4.53. The summed E-state index contributed by atoms with van der Waals surface area (Å²) in [6.07, 6.45) is -4.53. The number of halogens is 4. The number of alkyl halides is 3. The van der Waals surface area contributed by atoms with Crippen molar-refractivity contribution in [3.63, 3.8) is 0 Å². The van der Waals surface area contributed by atoms with Gasteiger partial charge in [-0.05, 0) is 36.2 Å². The molecule has 2 aromatic rings. The summed E-state index contributed by atoms with van der Waals surface area (Å²) < 4.78 is 39.0. The van der Waals surface area contributed by atoms with Crippen molar-refractivity contribution in [2.75, 3.05) is 7.05 Å². The van der Waals surface area contributed by atoms with Crippen LogP contribution in [-0.2, 0) is 6.18 Å². The van der Waals surface area contributed by atoms with Crippen LogP contribution in [-0.4, -0.2) is 13.0 Å². The molecule has 0 saturated heterocycles. The van der Waals surface area contributed by atoms with Gasteiger partial charge in [-0.2, -0.15) is 13.2 Å². The Morgan fingerprint density at radius 3 is 2.45 bits per heavy atom. The zero-order valence-corrected chi connectivity index (χ0v) is 12.6. The van der Waals surface area contributed by atoms with Crippen LogP contribution in [0.25, 0.3) is 11.1 Å². The highest BCUT2D eigenvalue weighted by Crippen LogP contribution is 2.41. The first-order chi connectivity index (χ1) is 10.3. The highest BCUT2D eigenvalue weighted by molar-refractivity contribution is 6.34. The Hall–Kier alpha value is -2.01. The molecule has 2 nitrogen and oxygen atoms in total. The van der Waals surface area contributed by atoms with Crippen molar-refractivity contribution in [2.24, 2.45) is 0 Å². The summed E-state index contributed by atoms with van der Waals surface area (Å²) in [7, 11) is 1.48. The summed E-state index contributed by atoms with van der Waals surface area (Å²) in [6.45, 7) is 1.67. The molecule has 0 aliphatic heterocycles. The summed E-state index contributed by atoms with van der Waals surface area (Å²) in [5.74, 6) is -0.317. The highest BCUT2D eigenvalue weighted by atomic mass is 35.5. The van der Waals surface area contributed by atoms with Crippen LogP contribution in [0.4, 0.5) is 13.2 Å². The largest absolute Gasteiger partial charge is 0.417 e. The van der Waals surface area contributed by atoms with Crippen LogP contribution in [0.5, 0.6) is 0 Å². The number of benzene rings is 2. The van der Waals surface area contributed by atoms with E-state index in [1.165, 1.54) is 19.2 Å². The molecule has 0 radical (unpaired) electrons. The van der Waals surface area contributed by atoms with Gasteiger partial charge in [-0.15, -0.1) is 0 Å². The predicted molar refractivity (Wildman–Crippen MR) is 80.0 cm³/mol. The summed E-state index contributed by atoms with van der Waals surface area (Å²) in [5.41, 5.74) is 0.817. The monoisotopic (exact) mass is 327 g/mol. The molecule has 6 heteroatoms. The van der Waals surface area contributed by atoms with Gasteiger partial charge in [0, 0.05) is 18.2 Å². The van der Waals surface area contributed by atoms with Crippen LogP contribution < -0.4 is 5.32 Å². The van der Waals surface area contributed by atoms with Gasteiger partial charge in [-0.25, -0.2) is 0 Å². The molecule has 116 valence electrons. The van der Waals surface area contributed by atoms with E-state index in [0.717, 1.165) is 6.07 Å². The second-order valence-corrected chi connectivity index (χ2v) is 5.15. The Morgan fingerprint density at radius 1 is 1.18 bits per heavy atom. The normalized spacial score (nSPS) is 11.4. The minimum absolute atomic E-state index is 0.280. The predicted octanol–water partition coefficient (Wildman–Crippen LogP) is 4.69. The van der Waals surface area contributed by atoms with Crippen LogP contribution in [0.2, 0.25) is 5.02 Å². The molecule has 0 aliphatic rings. The van der Waals surface area contributed by atoms with E-state index in [-0.39, 0.29) is 16.5 Å². The maximum Gasteiger partial charge on any atom is 0.417 e. The lowest BCUT2D eigenvalue weighted by Gasteiger charge is -2.15. The number of amides is 1. The van der Waals surface area contributed by atoms with Gasteiger partial charge in [0.25, 0.3) is 5.91 Å². The molecular formula is C16H13ClF3NO. The van der Waals surface area contributed by atoms with Crippen molar-refractivity contribution >= 4 is 17.5 Å². The Kier molecular flexibility index (Phi) is 4.47. The van der Waals surface area contributed by atoms with Crippen LogP contribution in [0.15, 0.2) is 36.4 Å². The molecule has 0 heterocycles. The van der Waals surface area contributed by atoms with E-state index in [2.05, 4.69) is 5.32 Å². The highest BCUT2D eigenvalue weighted by Gasteiger charge is 2.34. The molecule has 0 spiro atoms. The molecule has 0 aliphatic carbocycles. The van der Waals surface area contributed by atoms with Crippen molar-refractivity contribution in [1.82, 2.24) is 5.32 Å². The SMILES string of the molecule is CNC(=O)c1cccc(-c2c(C)ccc(C(F)(F)F)c2Cl)c1. The third kappa shape index (κ3) is 3.09. The van der Waals surface area contributed by atoms with Gasteiger partial charge in [0.05, 0.1) is 10.6 Å². The van der Waals surface area contributed by atoms with Gasteiger partial charge in [0.2, 0.25) is 0 Å². The zero-order chi connectivity index (χ0) is 16.5. The van der Waals surface area contributed by atoms with Gasteiger partial charge in [-0.3, -0.25) is 4.79 Å². The van der Waals surface area contributed by atoms with Crippen molar-refractivity contribution in [3.05, 3.63) is 58.1 Å². The van der Waals surface area contributed by atoms with Gasteiger partial charge in [0.15, 0.2) is 0 Å². The number of rotatable bonds is 2. The van der Waals surface area contributed by atoms with Gasteiger partial charge < -0.3 is 5.32 Å². The molecule has 0 fully saturated rings. The molecule has 2 aromatic carbocycles. The molecule has 0 aromatic heterocycles.